The van der Waals surface area contributed by atoms with E-state index in [-0.39, 0.29) is 11.8 Å². The Hall–Kier alpha value is -2.79. The number of nitrogens with zero attached hydrogens (tertiary/aromatic N) is 1. The first kappa shape index (κ1) is 20.0. The molecule has 6 heteroatoms. The molecule has 0 atom stereocenters. The van der Waals surface area contributed by atoms with E-state index < -0.39 is 0 Å². The molecule has 2 aromatic carbocycles. The van der Waals surface area contributed by atoms with E-state index in [2.05, 4.69) is 15.5 Å². The van der Waals surface area contributed by atoms with Crippen molar-refractivity contribution in [2.24, 2.45) is 0 Å². The molecule has 0 radical (unpaired) electrons. The molecule has 2 aromatic rings. The summed E-state index contributed by atoms with van der Waals surface area (Å²) in [5, 5.41) is 6.25. The van der Waals surface area contributed by atoms with Crippen LogP contribution in [-0.4, -0.2) is 24.9 Å². The van der Waals surface area contributed by atoms with Crippen molar-refractivity contribution in [2.45, 2.75) is 26.2 Å². The Morgan fingerprint density at radius 3 is 2.39 bits per heavy atom. The van der Waals surface area contributed by atoms with Crippen LogP contribution in [0.3, 0.4) is 0 Å². The van der Waals surface area contributed by atoms with Gasteiger partial charge in [0.25, 0.3) is 0 Å². The summed E-state index contributed by atoms with van der Waals surface area (Å²) in [6.45, 7) is 3.44. The third-order valence-electron chi connectivity index (χ3n) is 4.57. The van der Waals surface area contributed by atoms with Gasteiger partial charge in [0.1, 0.15) is 0 Å². The molecule has 146 valence electrons. The molecule has 0 bridgehead atoms. The van der Waals surface area contributed by atoms with Crippen LogP contribution in [0.15, 0.2) is 48.5 Å². The van der Waals surface area contributed by atoms with Crippen LogP contribution in [0.4, 0.5) is 17.1 Å². The van der Waals surface area contributed by atoms with Crippen LogP contribution >= 0.6 is 11.6 Å². The van der Waals surface area contributed by atoms with Crippen LogP contribution in [0.2, 0.25) is 5.02 Å². The van der Waals surface area contributed by atoms with Crippen molar-refractivity contribution >= 4 is 46.6 Å². The normalized spacial score (nSPS) is 14.1. The minimum absolute atomic E-state index is 0.117. The third-order valence-corrected chi connectivity index (χ3v) is 4.81. The van der Waals surface area contributed by atoms with Crippen molar-refractivity contribution in [3.63, 3.8) is 0 Å². The first-order valence-electron chi connectivity index (χ1n) is 9.42. The summed E-state index contributed by atoms with van der Waals surface area (Å²) in [6, 6.07) is 12.9. The van der Waals surface area contributed by atoms with Gasteiger partial charge in [-0.2, -0.15) is 0 Å². The maximum atomic E-state index is 12.4. The number of carbonyl (C=O) groups is 2. The molecule has 1 heterocycles. The smallest absolute Gasteiger partial charge is 0.248 e. The quantitative estimate of drug-likeness (QED) is 0.702. The number of hydrogen-bond acceptors (Lipinski definition) is 3. The second kappa shape index (κ2) is 9.42. The number of hydrogen-bond donors (Lipinski definition) is 2. The minimum atomic E-state index is -0.216. The van der Waals surface area contributed by atoms with Crippen LogP contribution < -0.4 is 15.5 Å². The van der Waals surface area contributed by atoms with Gasteiger partial charge in [-0.1, -0.05) is 23.7 Å². The highest BCUT2D eigenvalue weighted by molar-refractivity contribution is 6.31. The highest BCUT2D eigenvalue weighted by Crippen LogP contribution is 2.31. The highest BCUT2D eigenvalue weighted by Gasteiger charge is 2.15. The standard InChI is InChI=1S/C22H24ClN3O2/c1-16(27)24-19-9-5-17(6-10-19)7-12-22(28)25-20-15-18(23)8-11-21(20)26-13-3-2-4-14-26/h5-12,15H,2-4,13-14H2,1H3,(H,24,27)(H,25,28). The van der Waals surface area contributed by atoms with Gasteiger partial charge in [0.15, 0.2) is 0 Å². The number of nitrogens with one attached hydrogen (secondary N) is 2. The summed E-state index contributed by atoms with van der Waals surface area (Å²) in [6.07, 6.45) is 6.79. The van der Waals surface area contributed by atoms with Crippen molar-refractivity contribution in [1.29, 1.82) is 0 Å². The monoisotopic (exact) mass is 397 g/mol. The first-order valence-corrected chi connectivity index (χ1v) is 9.80. The van der Waals surface area contributed by atoms with Crippen LogP contribution in [0.1, 0.15) is 31.7 Å². The van der Waals surface area contributed by atoms with Crippen LogP contribution in [0.25, 0.3) is 6.08 Å². The molecule has 2 N–H and O–H groups in total. The predicted octanol–water partition coefficient (Wildman–Crippen LogP) is 4.94. The molecule has 0 aliphatic carbocycles. The Bertz CT molecular complexity index is 872. The summed E-state index contributed by atoms with van der Waals surface area (Å²) < 4.78 is 0. The fourth-order valence-corrected chi connectivity index (χ4v) is 3.42. The van der Waals surface area contributed by atoms with E-state index >= 15 is 0 Å². The van der Waals surface area contributed by atoms with Gasteiger partial charge < -0.3 is 15.5 Å². The van der Waals surface area contributed by atoms with E-state index in [9.17, 15) is 9.59 Å². The van der Waals surface area contributed by atoms with Gasteiger partial charge in [-0.05, 0) is 61.2 Å². The lowest BCUT2D eigenvalue weighted by Gasteiger charge is -2.30. The summed E-state index contributed by atoms with van der Waals surface area (Å²) in [7, 11) is 0. The van der Waals surface area contributed by atoms with Gasteiger partial charge in [-0.15, -0.1) is 0 Å². The van der Waals surface area contributed by atoms with Crippen molar-refractivity contribution in [1.82, 2.24) is 0 Å². The summed E-state index contributed by atoms with van der Waals surface area (Å²) in [5.41, 5.74) is 3.32. The number of halogens is 1. The average molecular weight is 398 g/mol. The Balaban J connectivity index is 1.68. The van der Waals surface area contributed by atoms with Gasteiger partial charge in [0.2, 0.25) is 11.8 Å². The average Bonchev–Trinajstić information content (AvgIpc) is 2.68. The van der Waals surface area contributed by atoms with E-state index in [0.29, 0.717) is 5.02 Å². The summed E-state index contributed by atoms with van der Waals surface area (Å²) in [5.74, 6) is -0.333. The van der Waals surface area contributed by atoms with Gasteiger partial charge in [-0.25, -0.2) is 0 Å². The first-order chi connectivity index (χ1) is 13.5. The third kappa shape index (κ3) is 5.60. The summed E-state index contributed by atoms with van der Waals surface area (Å²) >= 11 is 6.15. The molecular formula is C22H24ClN3O2. The highest BCUT2D eigenvalue weighted by atomic mass is 35.5. The molecule has 1 saturated heterocycles. The Morgan fingerprint density at radius 2 is 1.71 bits per heavy atom. The molecule has 0 spiro atoms. The van der Waals surface area contributed by atoms with Crippen LogP contribution in [0, 0.1) is 0 Å². The predicted molar refractivity (Wildman–Crippen MR) is 116 cm³/mol. The topological polar surface area (TPSA) is 61.4 Å². The Kier molecular flexibility index (Phi) is 6.71. The van der Waals surface area contributed by atoms with Gasteiger partial charge in [0, 0.05) is 36.8 Å². The number of amides is 2. The number of anilines is 3. The minimum Gasteiger partial charge on any atom is -0.370 e. The Labute approximate surface area is 170 Å². The maximum Gasteiger partial charge on any atom is 0.248 e. The van der Waals surface area contributed by atoms with E-state index in [1.54, 1.807) is 24.3 Å². The van der Waals surface area contributed by atoms with Gasteiger partial charge in [0.05, 0.1) is 11.4 Å². The largest absolute Gasteiger partial charge is 0.370 e. The Morgan fingerprint density at radius 1 is 1.00 bits per heavy atom. The van der Waals surface area contributed by atoms with E-state index in [4.69, 9.17) is 11.6 Å². The molecule has 2 amide bonds. The fraction of sp³-hybridized carbons (Fsp3) is 0.273. The fourth-order valence-electron chi connectivity index (χ4n) is 3.25. The zero-order chi connectivity index (χ0) is 19.9. The zero-order valence-corrected chi connectivity index (χ0v) is 16.6. The lowest BCUT2D eigenvalue weighted by Crippen LogP contribution is -2.30. The molecule has 3 rings (SSSR count). The van der Waals surface area contributed by atoms with Crippen molar-refractivity contribution < 1.29 is 9.59 Å². The van der Waals surface area contributed by atoms with Crippen LogP contribution in [0.5, 0.6) is 0 Å². The SMILES string of the molecule is CC(=O)Nc1ccc(C=CC(=O)Nc2cc(Cl)ccc2N2CCCCC2)cc1. The summed E-state index contributed by atoms with van der Waals surface area (Å²) in [4.78, 5) is 25.8. The molecule has 1 fully saturated rings. The molecule has 28 heavy (non-hydrogen) atoms. The lowest BCUT2D eigenvalue weighted by molar-refractivity contribution is -0.114. The molecule has 0 unspecified atom stereocenters. The van der Waals surface area contributed by atoms with E-state index in [1.165, 1.54) is 19.4 Å². The molecule has 0 aromatic heterocycles. The molecular weight excluding hydrogens is 374 g/mol. The van der Waals surface area contributed by atoms with E-state index in [0.717, 1.165) is 48.6 Å². The van der Waals surface area contributed by atoms with Crippen LogP contribution in [-0.2, 0) is 9.59 Å². The number of piperidine rings is 1. The maximum absolute atomic E-state index is 12.4. The van der Waals surface area contributed by atoms with Crippen molar-refractivity contribution in [3.05, 3.63) is 59.1 Å². The van der Waals surface area contributed by atoms with Crippen molar-refractivity contribution in [3.8, 4) is 0 Å². The number of carbonyl (C=O) groups excluding carboxylic acids is 2. The molecule has 1 aliphatic rings. The molecule has 5 nitrogen and oxygen atoms in total. The number of benzene rings is 2. The second-order valence-corrected chi connectivity index (χ2v) is 7.27. The zero-order valence-electron chi connectivity index (χ0n) is 15.9. The lowest BCUT2D eigenvalue weighted by atomic mass is 10.1. The van der Waals surface area contributed by atoms with Crippen molar-refractivity contribution in [2.75, 3.05) is 28.6 Å². The van der Waals surface area contributed by atoms with Gasteiger partial charge in [-0.3, -0.25) is 9.59 Å². The van der Waals surface area contributed by atoms with E-state index in [1.807, 2.05) is 24.3 Å². The molecule has 1 aliphatic heterocycles. The molecule has 0 saturated carbocycles. The van der Waals surface area contributed by atoms with Gasteiger partial charge >= 0.3 is 0 Å². The number of rotatable bonds is 5. The second-order valence-electron chi connectivity index (χ2n) is 6.83.